The fraction of sp³-hybridized carbons (Fsp3) is 0.545. The van der Waals surface area contributed by atoms with Crippen LogP contribution in [0.1, 0.15) is 49.9 Å². The van der Waals surface area contributed by atoms with E-state index in [2.05, 4.69) is 23.7 Å². The summed E-state index contributed by atoms with van der Waals surface area (Å²) in [7, 11) is 1.76. The molecule has 0 aliphatic carbocycles. The van der Waals surface area contributed by atoms with Crippen molar-refractivity contribution in [2.75, 3.05) is 32.5 Å². The first-order valence-electron chi connectivity index (χ1n) is 9.94. The van der Waals surface area contributed by atoms with Crippen LogP contribution in [0.2, 0.25) is 5.02 Å². The number of Topliss-reactive ketones (excluding diaryl/α,β-unsaturated/α-hetero) is 1. The SMILES string of the molecule is COC(C)(C)CN1CCC(CCC(=O)c2cc(Cl)c(N)c3cccnc23)CC1. The van der Waals surface area contributed by atoms with Crippen LogP contribution in [0.4, 0.5) is 5.69 Å². The molecule has 3 rings (SSSR count). The summed E-state index contributed by atoms with van der Waals surface area (Å²) in [5.41, 5.74) is 7.63. The molecule has 1 aliphatic rings. The number of fused-ring (bicyclic) bond motifs is 1. The van der Waals surface area contributed by atoms with Gasteiger partial charge >= 0.3 is 0 Å². The molecule has 2 heterocycles. The molecular weight excluding hydrogens is 374 g/mol. The summed E-state index contributed by atoms with van der Waals surface area (Å²) in [6, 6.07) is 5.34. The van der Waals surface area contributed by atoms with Crippen LogP contribution >= 0.6 is 11.6 Å². The number of nitrogen functional groups attached to an aromatic ring is 1. The van der Waals surface area contributed by atoms with Crippen molar-refractivity contribution >= 4 is 34.0 Å². The van der Waals surface area contributed by atoms with Crippen molar-refractivity contribution in [3.05, 3.63) is 35.0 Å². The maximum atomic E-state index is 12.9. The average molecular weight is 404 g/mol. The van der Waals surface area contributed by atoms with Crippen molar-refractivity contribution in [1.29, 1.82) is 0 Å². The summed E-state index contributed by atoms with van der Waals surface area (Å²) < 4.78 is 5.54. The summed E-state index contributed by atoms with van der Waals surface area (Å²) in [6.45, 7) is 7.30. The van der Waals surface area contributed by atoms with Gasteiger partial charge in [0, 0.05) is 37.2 Å². The number of pyridine rings is 1. The molecule has 1 aliphatic heterocycles. The van der Waals surface area contributed by atoms with Crippen molar-refractivity contribution in [3.8, 4) is 0 Å². The predicted molar refractivity (Wildman–Crippen MR) is 115 cm³/mol. The number of halogens is 1. The Morgan fingerprint density at radius 3 is 2.79 bits per heavy atom. The van der Waals surface area contributed by atoms with E-state index in [-0.39, 0.29) is 11.4 Å². The molecule has 5 nitrogen and oxygen atoms in total. The van der Waals surface area contributed by atoms with E-state index in [1.54, 1.807) is 19.4 Å². The zero-order chi connectivity index (χ0) is 20.3. The Labute approximate surface area is 172 Å². The molecule has 1 aromatic heterocycles. The number of piperidine rings is 1. The number of methoxy groups -OCH3 is 1. The first-order chi connectivity index (χ1) is 13.3. The second-order valence-corrected chi connectivity index (χ2v) is 8.77. The molecule has 6 heteroatoms. The van der Waals surface area contributed by atoms with E-state index in [9.17, 15) is 4.79 Å². The summed E-state index contributed by atoms with van der Waals surface area (Å²) in [6.07, 6.45) is 5.34. The first-order valence-corrected chi connectivity index (χ1v) is 10.3. The van der Waals surface area contributed by atoms with E-state index in [0.717, 1.165) is 44.3 Å². The van der Waals surface area contributed by atoms with E-state index in [4.69, 9.17) is 22.1 Å². The van der Waals surface area contributed by atoms with Crippen LogP contribution in [0.3, 0.4) is 0 Å². The molecule has 0 amide bonds. The van der Waals surface area contributed by atoms with Gasteiger partial charge in [-0.15, -0.1) is 0 Å². The van der Waals surface area contributed by atoms with Gasteiger partial charge in [0.2, 0.25) is 0 Å². The van der Waals surface area contributed by atoms with Crippen molar-refractivity contribution in [2.45, 2.75) is 45.1 Å². The molecule has 1 saturated heterocycles. The Kier molecular flexibility index (Phi) is 6.58. The zero-order valence-corrected chi connectivity index (χ0v) is 17.8. The molecule has 0 unspecified atom stereocenters. The fourth-order valence-corrected chi connectivity index (χ4v) is 4.17. The number of ketones is 1. The van der Waals surface area contributed by atoms with Crippen molar-refractivity contribution < 1.29 is 9.53 Å². The Hall–Kier alpha value is -1.69. The largest absolute Gasteiger partial charge is 0.397 e. The monoisotopic (exact) mass is 403 g/mol. The van der Waals surface area contributed by atoms with E-state index in [1.807, 2.05) is 12.1 Å². The highest BCUT2D eigenvalue weighted by Crippen LogP contribution is 2.32. The van der Waals surface area contributed by atoms with Gasteiger partial charge in [-0.3, -0.25) is 9.78 Å². The number of anilines is 1. The second kappa shape index (κ2) is 8.76. The van der Waals surface area contributed by atoms with Gasteiger partial charge in [0.25, 0.3) is 0 Å². The molecule has 28 heavy (non-hydrogen) atoms. The minimum Gasteiger partial charge on any atom is -0.397 e. The van der Waals surface area contributed by atoms with E-state index < -0.39 is 0 Å². The van der Waals surface area contributed by atoms with Crippen molar-refractivity contribution in [2.24, 2.45) is 5.92 Å². The smallest absolute Gasteiger partial charge is 0.165 e. The maximum Gasteiger partial charge on any atom is 0.165 e. The Morgan fingerprint density at radius 1 is 1.39 bits per heavy atom. The van der Waals surface area contributed by atoms with Crippen molar-refractivity contribution in [3.63, 3.8) is 0 Å². The summed E-state index contributed by atoms with van der Waals surface area (Å²) in [5, 5.41) is 1.16. The lowest BCUT2D eigenvalue weighted by Gasteiger charge is -2.36. The van der Waals surface area contributed by atoms with Crippen LogP contribution in [0.15, 0.2) is 24.4 Å². The number of likely N-dealkylation sites (tertiary alicyclic amines) is 1. The van der Waals surface area contributed by atoms with Crippen LogP contribution in [-0.2, 0) is 4.74 Å². The van der Waals surface area contributed by atoms with E-state index in [1.165, 1.54) is 0 Å². The molecule has 1 fully saturated rings. The molecule has 0 spiro atoms. The van der Waals surface area contributed by atoms with Gasteiger partial charge < -0.3 is 15.4 Å². The third-order valence-electron chi connectivity index (χ3n) is 5.83. The number of benzene rings is 1. The number of nitrogens with zero attached hydrogens (tertiary/aromatic N) is 2. The number of hydrogen-bond donors (Lipinski definition) is 1. The third-order valence-corrected chi connectivity index (χ3v) is 6.14. The lowest BCUT2D eigenvalue weighted by Crippen LogP contribution is -2.43. The second-order valence-electron chi connectivity index (χ2n) is 8.36. The van der Waals surface area contributed by atoms with Crippen LogP contribution in [0.25, 0.3) is 10.9 Å². The molecule has 1 aromatic carbocycles. The van der Waals surface area contributed by atoms with E-state index >= 15 is 0 Å². The Bertz CT molecular complexity index is 845. The van der Waals surface area contributed by atoms with Crippen LogP contribution in [0.5, 0.6) is 0 Å². The minimum absolute atomic E-state index is 0.0912. The van der Waals surface area contributed by atoms with E-state index in [0.29, 0.717) is 34.1 Å². The summed E-state index contributed by atoms with van der Waals surface area (Å²) >= 11 is 6.25. The normalized spacial score (nSPS) is 16.6. The molecule has 0 radical (unpaired) electrons. The highest BCUT2D eigenvalue weighted by atomic mass is 35.5. The van der Waals surface area contributed by atoms with Gasteiger partial charge in [-0.25, -0.2) is 0 Å². The molecule has 2 N–H and O–H groups in total. The third kappa shape index (κ3) is 4.83. The topological polar surface area (TPSA) is 68.5 Å². The highest BCUT2D eigenvalue weighted by molar-refractivity contribution is 6.35. The summed E-state index contributed by atoms with van der Waals surface area (Å²) in [5.74, 6) is 0.669. The predicted octanol–water partition coefficient (Wildman–Crippen LogP) is 4.57. The fourth-order valence-electron chi connectivity index (χ4n) is 3.96. The zero-order valence-electron chi connectivity index (χ0n) is 17.0. The molecule has 152 valence electrons. The molecule has 0 saturated carbocycles. The molecule has 2 aromatic rings. The average Bonchev–Trinajstić information content (AvgIpc) is 2.69. The standard InChI is InChI=1S/C22H30ClN3O2/c1-22(2,28-3)14-26-11-8-15(9-12-26)6-7-19(27)17-13-18(23)20(24)16-5-4-10-25-21(16)17/h4-5,10,13,15H,6-9,11-12,14,24H2,1-3H3. The van der Waals surface area contributed by atoms with Crippen LogP contribution in [0, 0.1) is 5.92 Å². The molecular formula is C22H30ClN3O2. The first kappa shape index (κ1) is 21.0. The van der Waals surface area contributed by atoms with Crippen LogP contribution < -0.4 is 5.73 Å². The number of rotatable bonds is 7. The number of carbonyl (C=O) groups excluding carboxylic acids is 1. The number of aromatic nitrogens is 1. The number of hydrogen-bond acceptors (Lipinski definition) is 5. The number of carbonyl (C=O) groups is 1. The summed E-state index contributed by atoms with van der Waals surface area (Å²) in [4.78, 5) is 19.7. The quantitative estimate of drug-likeness (QED) is 0.541. The number of nitrogens with two attached hydrogens (primary N) is 1. The lowest BCUT2D eigenvalue weighted by molar-refractivity contribution is -0.0148. The lowest BCUT2D eigenvalue weighted by atomic mass is 9.89. The highest BCUT2D eigenvalue weighted by Gasteiger charge is 2.26. The molecule has 0 bridgehead atoms. The van der Waals surface area contributed by atoms with Crippen molar-refractivity contribution in [1.82, 2.24) is 9.88 Å². The minimum atomic E-state index is -0.120. The van der Waals surface area contributed by atoms with Gasteiger partial charge in [-0.2, -0.15) is 0 Å². The van der Waals surface area contributed by atoms with Gasteiger partial charge in [0.05, 0.1) is 21.8 Å². The van der Waals surface area contributed by atoms with Gasteiger partial charge in [0.15, 0.2) is 5.78 Å². The maximum absolute atomic E-state index is 12.9. The number of ether oxygens (including phenoxy) is 1. The van der Waals surface area contributed by atoms with Gasteiger partial charge in [0.1, 0.15) is 0 Å². The molecule has 0 atom stereocenters. The van der Waals surface area contributed by atoms with Gasteiger partial charge in [-0.1, -0.05) is 11.6 Å². The Balaban J connectivity index is 1.59. The van der Waals surface area contributed by atoms with Gasteiger partial charge in [-0.05, 0) is 70.3 Å². The van der Waals surface area contributed by atoms with Crippen LogP contribution in [-0.4, -0.2) is 48.0 Å². The Morgan fingerprint density at radius 2 is 2.11 bits per heavy atom.